The summed E-state index contributed by atoms with van der Waals surface area (Å²) in [5.74, 6) is 0.336. The molecule has 0 aliphatic heterocycles. The highest BCUT2D eigenvalue weighted by molar-refractivity contribution is 7.89. The molecule has 0 atom stereocenters. The van der Waals surface area contributed by atoms with E-state index < -0.39 is 10.0 Å². The van der Waals surface area contributed by atoms with Crippen molar-refractivity contribution in [3.05, 3.63) is 40.6 Å². The van der Waals surface area contributed by atoms with Crippen LogP contribution in [-0.2, 0) is 16.4 Å². The fourth-order valence-electron chi connectivity index (χ4n) is 1.61. The van der Waals surface area contributed by atoms with E-state index in [-0.39, 0.29) is 10.6 Å². The number of benzene rings is 1. The van der Waals surface area contributed by atoms with Crippen molar-refractivity contribution in [1.29, 1.82) is 0 Å². The van der Waals surface area contributed by atoms with E-state index in [1.807, 2.05) is 17.5 Å². The summed E-state index contributed by atoms with van der Waals surface area (Å²) in [6.07, 6.45) is 0.747. The van der Waals surface area contributed by atoms with Crippen molar-refractivity contribution in [2.45, 2.75) is 11.3 Å². The lowest BCUT2D eigenvalue weighted by Gasteiger charge is -2.10. The van der Waals surface area contributed by atoms with Crippen LogP contribution in [0.5, 0.6) is 5.75 Å². The summed E-state index contributed by atoms with van der Waals surface area (Å²) in [5, 5.41) is 7.06. The highest BCUT2D eigenvalue weighted by Gasteiger charge is 2.15. The topological polar surface area (TPSA) is 95.4 Å². The normalized spacial score (nSPS) is 11.4. The quantitative estimate of drug-likeness (QED) is 0.820. The van der Waals surface area contributed by atoms with Crippen molar-refractivity contribution in [2.75, 3.05) is 12.3 Å². The van der Waals surface area contributed by atoms with E-state index in [0.717, 1.165) is 6.42 Å². The average molecular weight is 298 g/mol. The molecule has 0 unspecified atom stereocenters. The van der Waals surface area contributed by atoms with Crippen molar-refractivity contribution in [1.82, 2.24) is 0 Å². The molecule has 0 amide bonds. The summed E-state index contributed by atoms with van der Waals surface area (Å²) in [6, 6.07) is 8.51. The summed E-state index contributed by atoms with van der Waals surface area (Å²) in [7, 11) is -3.83. The molecule has 0 spiro atoms. The Morgan fingerprint density at radius 3 is 2.63 bits per heavy atom. The Kier molecular flexibility index (Phi) is 4.08. The number of hydrogen-bond acceptors (Lipinski definition) is 5. The standard InChI is InChI=1S/C12H14N2O3S2/c13-12-10(4-1-5-11(12)19(14,15)16)17-7-6-9-3-2-8-18-9/h1-5,8H,6-7,13H2,(H2,14,15,16). The number of hydrogen-bond donors (Lipinski definition) is 2. The van der Waals surface area contributed by atoms with Crippen molar-refractivity contribution in [2.24, 2.45) is 5.14 Å². The Bertz CT molecular complexity index is 652. The third kappa shape index (κ3) is 3.46. The summed E-state index contributed by atoms with van der Waals surface area (Å²) >= 11 is 1.64. The second-order valence-electron chi connectivity index (χ2n) is 3.89. The molecule has 102 valence electrons. The smallest absolute Gasteiger partial charge is 0.240 e. The number of para-hydroxylation sites is 1. The van der Waals surface area contributed by atoms with Crippen molar-refractivity contribution in [3.63, 3.8) is 0 Å². The van der Waals surface area contributed by atoms with Crippen LogP contribution in [0, 0.1) is 0 Å². The third-order valence-electron chi connectivity index (χ3n) is 2.52. The molecule has 0 saturated carbocycles. The van der Waals surface area contributed by atoms with Crippen molar-refractivity contribution >= 4 is 27.0 Å². The van der Waals surface area contributed by atoms with Crippen LogP contribution in [0.4, 0.5) is 5.69 Å². The highest BCUT2D eigenvalue weighted by Crippen LogP contribution is 2.28. The van der Waals surface area contributed by atoms with Gasteiger partial charge >= 0.3 is 0 Å². The number of thiophene rings is 1. The molecule has 4 N–H and O–H groups in total. The molecule has 5 nitrogen and oxygen atoms in total. The van der Waals surface area contributed by atoms with Crippen LogP contribution in [0.2, 0.25) is 0 Å². The van der Waals surface area contributed by atoms with Gasteiger partial charge in [0.1, 0.15) is 10.6 Å². The summed E-state index contributed by atoms with van der Waals surface area (Å²) < 4.78 is 28.1. The van der Waals surface area contributed by atoms with Gasteiger partial charge in [0.2, 0.25) is 10.0 Å². The molecule has 0 fully saturated rings. The van der Waals surface area contributed by atoms with E-state index >= 15 is 0 Å². The Labute approximate surface area is 115 Å². The average Bonchev–Trinajstić information content (AvgIpc) is 2.83. The van der Waals surface area contributed by atoms with Gasteiger partial charge in [0, 0.05) is 11.3 Å². The Hall–Kier alpha value is -1.57. The fraction of sp³-hybridized carbons (Fsp3) is 0.167. The van der Waals surface area contributed by atoms with Gasteiger partial charge in [-0.05, 0) is 23.6 Å². The van der Waals surface area contributed by atoms with Crippen LogP contribution in [0.25, 0.3) is 0 Å². The minimum absolute atomic E-state index is 0.0520. The van der Waals surface area contributed by atoms with Gasteiger partial charge in [-0.3, -0.25) is 0 Å². The lowest BCUT2D eigenvalue weighted by atomic mass is 10.3. The second kappa shape index (κ2) is 5.60. The number of rotatable bonds is 5. The molecule has 0 saturated heterocycles. The van der Waals surface area contributed by atoms with Gasteiger partial charge < -0.3 is 10.5 Å². The number of sulfonamides is 1. The zero-order chi connectivity index (χ0) is 13.9. The minimum atomic E-state index is -3.83. The molecular weight excluding hydrogens is 284 g/mol. The molecule has 2 aromatic rings. The molecule has 0 bridgehead atoms. The number of anilines is 1. The van der Waals surface area contributed by atoms with Gasteiger partial charge in [-0.2, -0.15) is 0 Å². The van der Waals surface area contributed by atoms with Crippen LogP contribution in [0.3, 0.4) is 0 Å². The van der Waals surface area contributed by atoms with E-state index in [4.69, 9.17) is 15.6 Å². The highest BCUT2D eigenvalue weighted by atomic mass is 32.2. The van der Waals surface area contributed by atoms with E-state index in [1.165, 1.54) is 10.9 Å². The lowest BCUT2D eigenvalue weighted by Crippen LogP contribution is -2.15. The number of ether oxygens (including phenoxy) is 1. The molecule has 19 heavy (non-hydrogen) atoms. The molecule has 1 aromatic carbocycles. The largest absolute Gasteiger partial charge is 0.491 e. The van der Waals surface area contributed by atoms with Gasteiger partial charge in [-0.1, -0.05) is 12.1 Å². The summed E-state index contributed by atoms with van der Waals surface area (Å²) in [4.78, 5) is 1.09. The van der Waals surface area contributed by atoms with Crippen molar-refractivity contribution < 1.29 is 13.2 Å². The second-order valence-corrected chi connectivity index (χ2v) is 6.45. The Morgan fingerprint density at radius 1 is 1.21 bits per heavy atom. The zero-order valence-corrected chi connectivity index (χ0v) is 11.7. The van der Waals surface area contributed by atoms with Gasteiger partial charge in [-0.25, -0.2) is 13.6 Å². The Morgan fingerprint density at radius 2 is 2.00 bits per heavy atom. The van der Waals surface area contributed by atoms with Crippen LogP contribution >= 0.6 is 11.3 Å². The van der Waals surface area contributed by atoms with Gasteiger partial charge in [0.25, 0.3) is 0 Å². The number of primary sulfonamides is 1. The summed E-state index contributed by atoms with van der Waals surface area (Å²) in [6.45, 7) is 0.429. The van der Waals surface area contributed by atoms with Gasteiger partial charge in [-0.15, -0.1) is 11.3 Å². The molecule has 1 aromatic heterocycles. The monoisotopic (exact) mass is 298 g/mol. The first kappa shape index (κ1) is 13.9. The van der Waals surface area contributed by atoms with Gasteiger partial charge in [0.15, 0.2) is 0 Å². The Balaban J connectivity index is 2.09. The number of nitrogen functional groups attached to an aromatic ring is 1. The van der Waals surface area contributed by atoms with E-state index in [9.17, 15) is 8.42 Å². The molecule has 0 aliphatic carbocycles. The van der Waals surface area contributed by atoms with Crippen LogP contribution in [0.1, 0.15) is 4.88 Å². The maximum Gasteiger partial charge on any atom is 0.240 e. The van der Waals surface area contributed by atoms with E-state index in [0.29, 0.717) is 12.4 Å². The molecule has 0 radical (unpaired) electrons. The fourth-order valence-corrected chi connectivity index (χ4v) is 2.98. The maximum atomic E-state index is 11.3. The van der Waals surface area contributed by atoms with Crippen LogP contribution in [-0.4, -0.2) is 15.0 Å². The SMILES string of the molecule is Nc1c(OCCc2cccs2)cccc1S(N)(=O)=O. The van der Waals surface area contributed by atoms with E-state index in [2.05, 4.69) is 0 Å². The first-order valence-corrected chi connectivity index (χ1v) is 7.97. The molecular formula is C12H14N2O3S2. The lowest BCUT2D eigenvalue weighted by molar-refractivity contribution is 0.324. The number of nitrogens with two attached hydrogens (primary N) is 2. The summed E-state index contributed by atoms with van der Waals surface area (Å²) in [5.41, 5.74) is 5.80. The molecule has 1 heterocycles. The molecule has 0 aliphatic rings. The maximum absolute atomic E-state index is 11.3. The molecule has 7 heteroatoms. The predicted octanol–water partition coefficient (Wildman–Crippen LogP) is 1.60. The predicted molar refractivity (Wildman–Crippen MR) is 75.7 cm³/mol. The van der Waals surface area contributed by atoms with Crippen LogP contribution < -0.4 is 15.6 Å². The van der Waals surface area contributed by atoms with E-state index in [1.54, 1.807) is 23.5 Å². The zero-order valence-electron chi connectivity index (χ0n) is 10.1. The molecule has 2 rings (SSSR count). The third-order valence-corrected chi connectivity index (χ3v) is 4.42. The van der Waals surface area contributed by atoms with Crippen molar-refractivity contribution in [3.8, 4) is 5.75 Å². The first-order chi connectivity index (χ1) is 8.98. The minimum Gasteiger partial charge on any atom is -0.491 e. The first-order valence-electron chi connectivity index (χ1n) is 5.55. The van der Waals surface area contributed by atoms with Crippen LogP contribution in [0.15, 0.2) is 40.6 Å². The van der Waals surface area contributed by atoms with Gasteiger partial charge in [0.05, 0.1) is 12.3 Å².